The van der Waals surface area contributed by atoms with Crippen LogP contribution in [0.1, 0.15) is 37.8 Å². The fourth-order valence-corrected chi connectivity index (χ4v) is 4.50. The van der Waals surface area contributed by atoms with Crippen LogP contribution in [0.15, 0.2) is 18.5 Å². The molecule has 2 heterocycles. The lowest BCUT2D eigenvalue weighted by atomic mass is 10.0. The highest BCUT2D eigenvalue weighted by Gasteiger charge is 2.34. The fourth-order valence-electron chi connectivity index (χ4n) is 2.46. The van der Waals surface area contributed by atoms with Crippen molar-refractivity contribution in [3.05, 3.63) is 24.0 Å². The van der Waals surface area contributed by atoms with E-state index in [1.807, 2.05) is 6.92 Å². The molecule has 106 valence electrons. The minimum atomic E-state index is -3.09. The van der Waals surface area contributed by atoms with E-state index in [2.05, 4.69) is 4.98 Å². The molecule has 2 unspecified atom stereocenters. The summed E-state index contributed by atoms with van der Waals surface area (Å²) in [6, 6.07) is 1.25. The molecule has 1 saturated heterocycles. The molecule has 2 rings (SSSR count). The van der Waals surface area contributed by atoms with Crippen molar-refractivity contribution in [3.63, 3.8) is 0 Å². The maximum absolute atomic E-state index is 12.1. The number of hydrogen-bond donors (Lipinski definition) is 1. The van der Waals surface area contributed by atoms with Gasteiger partial charge in [0.1, 0.15) is 5.75 Å². The van der Waals surface area contributed by atoms with Crippen molar-refractivity contribution < 1.29 is 13.2 Å². The molecule has 0 radical (unpaired) electrons. The summed E-state index contributed by atoms with van der Waals surface area (Å²) in [5.41, 5.74) is 6.86. The van der Waals surface area contributed by atoms with Crippen LogP contribution in [0, 0.1) is 0 Å². The largest absolute Gasteiger partial charge is 0.492 e. The Labute approximate surface area is 114 Å². The Morgan fingerprint density at radius 2 is 2.26 bits per heavy atom. The predicted octanol–water partition coefficient (Wildman–Crippen LogP) is 1.45. The van der Waals surface area contributed by atoms with Crippen LogP contribution >= 0.6 is 0 Å². The van der Waals surface area contributed by atoms with E-state index >= 15 is 0 Å². The third kappa shape index (κ3) is 3.25. The Kier molecular flexibility index (Phi) is 4.42. The van der Waals surface area contributed by atoms with Crippen molar-refractivity contribution in [1.29, 1.82) is 0 Å². The highest BCUT2D eigenvalue weighted by Crippen LogP contribution is 2.30. The summed E-state index contributed by atoms with van der Waals surface area (Å²) in [5, 5.41) is -0.500. The second kappa shape index (κ2) is 5.88. The van der Waals surface area contributed by atoms with Crippen molar-refractivity contribution in [2.45, 2.75) is 37.5 Å². The average molecular weight is 284 g/mol. The summed E-state index contributed by atoms with van der Waals surface area (Å²) in [7, 11) is -3.09. The molecule has 0 spiro atoms. The van der Waals surface area contributed by atoms with E-state index in [0.29, 0.717) is 18.8 Å². The molecular weight excluding hydrogens is 264 g/mol. The van der Waals surface area contributed by atoms with Gasteiger partial charge in [0.2, 0.25) is 0 Å². The highest BCUT2D eigenvalue weighted by molar-refractivity contribution is 7.92. The lowest BCUT2D eigenvalue weighted by Gasteiger charge is -2.27. The highest BCUT2D eigenvalue weighted by atomic mass is 32.2. The van der Waals surface area contributed by atoms with Gasteiger partial charge in [-0.2, -0.15) is 0 Å². The van der Waals surface area contributed by atoms with Crippen LogP contribution in [0.25, 0.3) is 0 Å². The number of sulfone groups is 1. The summed E-state index contributed by atoms with van der Waals surface area (Å²) in [5.74, 6) is 0.868. The zero-order valence-corrected chi connectivity index (χ0v) is 11.9. The number of ether oxygens (including phenoxy) is 1. The Bertz CT molecular complexity index is 530. The van der Waals surface area contributed by atoms with Crippen LogP contribution in [-0.4, -0.2) is 31.0 Å². The van der Waals surface area contributed by atoms with E-state index in [0.717, 1.165) is 18.4 Å². The van der Waals surface area contributed by atoms with Crippen LogP contribution in [0.5, 0.6) is 5.75 Å². The molecule has 6 heteroatoms. The van der Waals surface area contributed by atoms with Crippen LogP contribution in [0.4, 0.5) is 0 Å². The van der Waals surface area contributed by atoms with Gasteiger partial charge in [0.25, 0.3) is 0 Å². The van der Waals surface area contributed by atoms with Crippen LogP contribution < -0.4 is 10.5 Å². The van der Waals surface area contributed by atoms with Crippen LogP contribution in [0.2, 0.25) is 0 Å². The summed E-state index contributed by atoms with van der Waals surface area (Å²) < 4.78 is 29.5. The Morgan fingerprint density at radius 1 is 1.47 bits per heavy atom. The van der Waals surface area contributed by atoms with Gasteiger partial charge in [-0.1, -0.05) is 6.42 Å². The first kappa shape index (κ1) is 14.3. The maximum Gasteiger partial charge on any atom is 0.155 e. The molecule has 0 aliphatic carbocycles. The molecule has 1 fully saturated rings. The number of rotatable bonds is 4. The van der Waals surface area contributed by atoms with Gasteiger partial charge in [0, 0.05) is 12.2 Å². The number of pyridine rings is 1. The van der Waals surface area contributed by atoms with Crippen LogP contribution in [-0.2, 0) is 9.84 Å². The molecule has 0 bridgehead atoms. The van der Waals surface area contributed by atoms with Crippen molar-refractivity contribution in [2.24, 2.45) is 5.73 Å². The lowest BCUT2D eigenvalue weighted by molar-refractivity contribution is 0.338. The van der Waals surface area contributed by atoms with E-state index < -0.39 is 21.1 Å². The van der Waals surface area contributed by atoms with Gasteiger partial charge in [-0.25, -0.2) is 8.42 Å². The molecule has 2 atom stereocenters. The van der Waals surface area contributed by atoms with Gasteiger partial charge < -0.3 is 10.5 Å². The van der Waals surface area contributed by atoms with Gasteiger partial charge in [-0.15, -0.1) is 0 Å². The monoisotopic (exact) mass is 284 g/mol. The topological polar surface area (TPSA) is 82.3 Å². The molecule has 0 amide bonds. The van der Waals surface area contributed by atoms with E-state index in [9.17, 15) is 8.42 Å². The van der Waals surface area contributed by atoms with Crippen LogP contribution in [0.3, 0.4) is 0 Å². The quantitative estimate of drug-likeness (QED) is 0.904. The molecule has 19 heavy (non-hydrogen) atoms. The molecule has 5 nitrogen and oxygen atoms in total. The number of hydrogen-bond acceptors (Lipinski definition) is 5. The minimum Gasteiger partial charge on any atom is -0.492 e. The first-order chi connectivity index (χ1) is 9.04. The first-order valence-corrected chi connectivity index (χ1v) is 8.31. The van der Waals surface area contributed by atoms with Crippen molar-refractivity contribution in [3.8, 4) is 5.75 Å². The number of nitrogens with two attached hydrogens (primary N) is 1. The molecule has 1 aromatic heterocycles. The molecule has 1 aliphatic heterocycles. The summed E-state index contributed by atoms with van der Waals surface area (Å²) in [6.07, 6.45) is 5.51. The summed E-state index contributed by atoms with van der Waals surface area (Å²) >= 11 is 0. The molecule has 1 aliphatic rings. The van der Waals surface area contributed by atoms with E-state index in [-0.39, 0.29) is 5.75 Å². The predicted molar refractivity (Wildman–Crippen MR) is 73.8 cm³/mol. The van der Waals surface area contributed by atoms with Crippen molar-refractivity contribution in [1.82, 2.24) is 4.98 Å². The molecule has 0 aromatic carbocycles. The summed E-state index contributed by atoms with van der Waals surface area (Å²) in [4.78, 5) is 4.07. The third-order valence-corrected chi connectivity index (χ3v) is 5.77. The lowest BCUT2D eigenvalue weighted by Crippen LogP contribution is -2.37. The fraction of sp³-hybridized carbons (Fsp3) is 0.615. The molecular formula is C13H20N2O3S. The standard InChI is InChI=1S/C13H20N2O3S/c1-2-18-11-7-10(8-15-9-11)13(14)12-5-3-4-6-19(12,16)17/h7-9,12-13H,2-6,14H2,1H3. The average Bonchev–Trinajstić information content (AvgIpc) is 2.38. The third-order valence-electron chi connectivity index (χ3n) is 3.46. The van der Waals surface area contributed by atoms with Gasteiger partial charge in [-0.3, -0.25) is 4.98 Å². The zero-order chi connectivity index (χ0) is 13.9. The SMILES string of the molecule is CCOc1cncc(C(N)C2CCCCS2(=O)=O)c1. The summed E-state index contributed by atoms with van der Waals surface area (Å²) in [6.45, 7) is 2.43. The normalized spacial score (nSPS) is 23.8. The van der Waals surface area contributed by atoms with E-state index in [4.69, 9.17) is 10.5 Å². The second-order valence-electron chi connectivity index (χ2n) is 4.81. The van der Waals surface area contributed by atoms with Gasteiger partial charge in [-0.05, 0) is 31.4 Å². The Hall–Kier alpha value is -1.14. The van der Waals surface area contributed by atoms with Crippen molar-refractivity contribution >= 4 is 9.84 Å². The number of nitrogens with zero attached hydrogens (tertiary/aromatic N) is 1. The smallest absolute Gasteiger partial charge is 0.155 e. The minimum absolute atomic E-state index is 0.240. The Balaban J connectivity index is 2.23. The van der Waals surface area contributed by atoms with E-state index in [1.54, 1.807) is 18.5 Å². The van der Waals surface area contributed by atoms with E-state index in [1.165, 1.54) is 0 Å². The molecule has 2 N–H and O–H groups in total. The van der Waals surface area contributed by atoms with Gasteiger partial charge in [0.05, 0.1) is 23.8 Å². The zero-order valence-electron chi connectivity index (χ0n) is 11.1. The van der Waals surface area contributed by atoms with Crippen molar-refractivity contribution in [2.75, 3.05) is 12.4 Å². The maximum atomic E-state index is 12.1. The molecule has 0 saturated carbocycles. The molecule has 1 aromatic rings. The van der Waals surface area contributed by atoms with Gasteiger partial charge in [0.15, 0.2) is 9.84 Å². The second-order valence-corrected chi connectivity index (χ2v) is 7.15. The Morgan fingerprint density at radius 3 is 2.95 bits per heavy atom. The van der Waals surface area contributed by atoms with Gasteiger partial charge >= 0.3 is 0 Å². The number of aromatic nitrogens is 1. The first-order valence-electron chi connectivity index (χ1n) is 6.59.